The maximum atomic E-state index is 5.99. The van der Waals surface area contributed by atoms with E-state index in [0.29, 0.717) is 12.0 Å². The Balaban J connectivity index is 2.78. The molecule has 0 N–H and O–H groups in total. The van der Waals surface area contributed by atoms with E-state index in [0.717, 1.165) is 12.8 Å². The van der Waals surface area contributed by atoms with E-state index in [1.807, 2.05) is 6.08 Å². The summed E-state index contributed by atoms with van der Waals surface area (Å²) < 4.78 is 5.72. The third-order valence-electron chi connectivity index (χ3n) is 3.56. The minimum absolute atomic E-state index is 0.0719. The maximum absolute atomic E-state index is 5.99. The van der Waals surface area contributed by atoms with Crippen LogP contribution < -0.4 is 0 Å². The van der Waals surface area contributed by atoms with Gasteiger partial charge in [0.1, 0.15) is 7.85 Å². The molecule has 1 heterocycles. The molecule has 0 aliphatic carbocycles. The van der Waals surface area contributed by atoms with E-state index in [9.17, 15) is 0 Å². The summed E-state index contributed by atoms with van der Waals surface area (Å²) in [4.78, 5) is 0. The second-order valence-electron chi connectivity index (χ2n) is 4.29. The van der Waals surface area contributed by atoms with Gasteiger partial charge in [0.25, 0.3) is 0 Å². The van der Waals surface area contributed by atoms with E-state index < -0.39 is 0 Å². The molecule has 0 aromatic heterocycles. The highest BCUT2D eigenvalue weighted by molar-refractivity contribution is 6.11. The lowest BCUT2D eigenvalue weighted by Crippen LogP contribution is -2.32. The normalized spacial score (nSPS) is 45.0. The van der Waals surface area contributed by atoms with Crippen molar-refractivity contribution in [2.75, 3.05) is 0 Å². The summed E-state index contributed by atoms with van der Waals surface area (Å²) in [6, 6.07) is -0.134. The fourth-order valence-corrected chi connectivity index (χ4v) is 2.21. The summed E-state index contributed by atoms with van der Waals surface area (Å²) >= 11 is 0. The number of hydrogen-bond acceptors (Lipinski definition) is 1. The minimum Gasteiger partial charge on any atom is -0.384 e. The van der Waals surface area contributed by atoms with Gasteiger partial charge in [0.15, 0.2) is 0 Å². The second-order valence-corrected chi connectivity index (χ2v) is 4.29. The number of hydrogen-bond donors (Lipinski definition) is 0. The van der Waals surface area contributed by atoms with Gasteiger partial charge in [0.2, 0.25) is 0 Å². The van der Waals surface area contributed by atoms with Gasteiger partial charge in [-0.15, -0.1) is 6.58 Å². The Hall–Kier alpha value is -0.235. The molecule has 4 atom stereocenters. The molecule has 0 amide bonds. The molecule has 1 nitrogen and oxygen atoms in total. The predicted octanol–water partition coefficient (Wildman–Crippen LogP) is 2.51. The van der Waals surface area contributed by atoms with Crippen LogP contribution >= 0.6 is 0 Å². The monoisotopic (exact) mass is 178 g/mol. The van der Waals surface area contributed by atoms with Crippen LogP contribution in [0.5, 0.6) is 0 Å². The number of rotatable bonds is 3. The van der Waals surface area contributed by atoms with Crippen LogP contribution in [-0.2, 0) is 4.74 Å². The first-order chi connectivity index (χ1) is 6.06. The van der Waals surface area contributed by atoms with Gasteiger partial charge >= 0.3 is 0 Å². The van der Waals surface area contributed by atoms with Crippen LogP contribution in [0.4, 0.5) is 0 Å². The van der Waals surface area contributed by atoms with Gasteiger partial charge in [-0.1, -0.05) is 26.8 Å². The van der Waals surface area contributed by atoms with Crippen molar-refractivity contribution in [3.8, 4) is 0 Å². The minimum atomic E-state index is -0.134. The van der Waals surface area contributed by atoms with E-state index in [1.54, 1.807) is 0 Å². The molecule has 0 aromatic carbocycles. The zero-order valence-electron chi connectivity index (χ0n) is 8.92. The van der Waals surface area contributed by atoms with Gasteiger partial charge in [-0.3, -0.25) is 0 Å². The summed E-state index contributed by atoms with van der Waals surface area (Å²) in [7, 11) is 5.99. The van der Waals surface area contributed by atoms with Crippen molar-refractivity contribution in [3.63, 3.8) is 0 Å². The molecule has 0 aromatic rings. The number of allylic oxidation sites excluding steroid dienone is 1. The van der Waals surface area contributed by atoms with Crippen LogP contribution in [0, 0.1) is 11.3 Å². The molecule has 0 spiro atoms. The molecule has 72 valence electrons. The van der Waals surface area contributed by atoms with Gasteiger partial charge in [0, 0.05) is 6.00 Å². The Morgan fingerprint density at radius 1 is 1.62 bits per heavy atom. The first kappa shape index (κ1) is 10.8. The molecular weight excluding hydrogens is 159 g/mol. The van der Waals surface area contributed by atoms with Crippen LogP contribution in [0.3, 0.4) is 0 Å². The van der Waals surface area contributed by atoms with Crippen molar-refractivity contribution < 1.29 is 4.74 Å². The highest BCUT2D eigenvalue weighted by atomic mass is 16.5. The van der Waals surface area contributed by atoms with Crippen LogP contribution in [0.2, 0.25) is 0 Å². The van der Waals surface area contributed by atoms with Gasteiger partial charge < -0.3 is 4.74 Å². The molecule has 2 unspecified atom stereocenters. The van der Waals surface area contributed by atoms with E-state index in [2.05, 4.69) is 27.4 Å². The molecule has 1 aliphatic heterocycles. The van der Waals surface area contributed by atoms with Crippen LogP contribution in [0.25, 0.3) is 0 Å². The molecule has 1 saturated heterocycles. The van der Waals surface area contributed by atoms with E-state index in [4.69, 9.17) is 12.6 Å². The number of ether oxygens (including phenoxy) is 1. The summed E-state index contributed by atoms with van der Waals surface area (Å²) in [5.74, 6) is 0.519. The van der Waals surface area contributed by atoms with Gasteiger partial charge in [-0.2, -0.15) is 0 Å². The molecule has 1 fully saturated rings. The van der Waals surface area contributed by atoms with E-state index in [1.165, 1.54) is 0 Å². The van der Waals surface area contributed by atoms with Gasteiger partial charge in [-0.05, 0) is 24.2 Å². The van der Waals surface area contributed by atoms with Crippen LogP contribution in [-0.4, -0.2) is 20.0 Å². The predicted molar refractivity (Wildman–Crippen MR) is 56.8 cm³/mol. The fourth-order valence-electron chi connectivity index (χ4n) is 2.21. The largest absolute Gasteiger partial charge is 0.384 e. The summed E-state index contributed by atoms with van der Waals surface area (Å²) in [5.41, 5.74) is 0.0719. The van der Waals surface area contributed by atoms with E-state index in [-0.39, 0.29) is 11.4 Å². The lowest BCUT2D eigenvalue weighted by molar-refractivity contribution is 0.0632. The Kier molecular flexibility index (Phi) is 3.23. The highest BCUT2D eigenvalue weighted by Gasteiger charge is 2.46. The van der Waals surface area contributed by atoms with Crippen molar-refractivity contribution >= 4 is 7.85 Å². The van der Waals surface area contributed by atoms with Gasteiger partial charge in [-0.25, -0.2) is 0 Å². The SMILES string of the molecule is [B]C1OC(CC)[C@@H](C)[C@]1(C)CC=C. The van der Waals surface area contributed by atoms with Crippen LogP contribution in [0.1, 0.15) is 33.6 Å². The molecule has 1 aliphatic rings. The summed E-state index contributed by atoms with van der Waals surface area (Å²) in [6.45, 7) is 10.3. The zero-order valence-corrected chi connectivity index (χ0v) is 8.92. The molecule has 0 bridgehead atoms. The Morgan fingerprint density at radius 3 is 2.62 bits per heavy atom. The third kappa shape index (κ3) is 1.69. The van der Waals surface area contributed by atoms with Gasteiger partial charge in [0.05, 0.1) is 6.10 Å². The van der Waals surface area contributed by atoms with Crippen molar-refractivity contribution in [2.45, 2.75) is 45.7 Å². The zero-order chi connectivity index (χ0) is 10.1. The lowest BCUT2D eigenvalue weighted by atomic mass is 9.65. The van der Waals surface area contributed by atoms with Crippen molar-refractivity contribution in [3.05, 3.63) is 12.7 Å². The third-order valence-corrected chi connectivity index (χ3v) is 3.56. The molecule has 1 rings (SSSR count). The molecule has 2 radical (unpaired) electrons. The first-order valence-corrected chi connectivity index (χ1v) is 5.08. The average molecular weight is 178 g/mol. The molecular formula is C11H19BO. The molecule has 0 saturated carbocycles. The maximum Gasteiger partial charge on any atom is 0.109 e. The summed E-state index contributed by atoms with van der Waals surface area (Å²) in [5, 5.41) is 0. The average Bonchev–Trinajstić information content (AvgIpc) is 2.31. The van der Waals surface area contributed by atoms with Crippen LogP contribution in [0.15, 0.2) is 12.7 Å². The van der Waals surface area contributed by atoms with Crippen molar-refractivity contribution in [2.24, 2.45) is 11.3 Å². The topological polar surface area (TPSA) is 9.23 Å². The smallest absolute Gasteiger partial charge is 0.109 e. The van der Waals surface area contributed by atoms with Crippen molar-refractivity contribution in [1.82, 2.24) is 0 Å². The molecule has 13 heavy (non-hydrogen) atoms. The Morgan fingerprint density at radius 2 is 2.23 bits per heavy atom. The first-order valence-electron chi connectivity index (χ1n) is 5.08. The molecule has 2 heteroatoms. The van der Waals surface area contributed by atoms with Crippen molar-refractivity contribution in [1.29, 1.82) is 0 Å². The Labute approximate surface area is 83.0 Å². The van der Waals surface area contributed by atoms with E-state index >= 15 is 0 Å². The Bertz CT molecular complexity index is 193. The second kappa shape index (κ2) is 3.87. The fraction of sp³-hybridized carbons (Fsp3) is 0.818. The summed E-state index contributed by atoms with van der Waals surface area (Å²) in [6.07, 6.45) is 4.24. The quantitative estimate of drug-likeness (QED) is 0.476. The highest BCUT2D eigenvalue weighted by Crippen LogP contribution is 2.45. The standard InChI is InChI=1S/C11H19BO/c1-5-7-11(4)8(3)9(6-2)13-10(11)12/h5,8-10H,1,6-7H2,2-4H3/t8-,9?,10?,11+/m1/s1. The lowest BCUT2D eigenvalue weighted by Gasteiger charge is -2.31.